The van der Waals surface area contributed by atoms with Crippen LogP contribution in [-0.2, 0) is 6.61 Å². The fourth-order valence-corrected chi connectivity index (χ4v) is 1.89. The van der Waals surface area contributed by atoms with Gasteiger partial charge in [-0.3, -0.25) is 0 Å². The molecule has 0 bridgehead atoms. The van der Waals surface area contributed by atoms with Gasteiger partial charge < -0.3 is 10.2 Å². The Bertz CT molecular complexity index is 274. The van der Waals surface area contributed by atoms with Gasteiger partial charge in [0.15, 0.2) is 0 Å². The maximum absolute atomic E-state index is 8.88. The number of aliphatic hydroxyl groups excluding tert-OH is 2. The largest absolute Gasteiger partial charge is 0.396 e. The summed E-state index contributed by atoms with van der Waals surface area (Å²) < 4.78 is 0. The van der Waals surface area contributed by atoms with Crippen LogP contribution < -0.4 is 0 Å². The number of thioether (sulfide) groups is 1. The molecule has 0 amide bonds. The molecule has 0 aliphatic heterocycles. The molecule has 2 N–H and O–H groups in total. The van der Waals surface area contributed by atoms with Gasteiger partial charge in [0.1, 0.15) is 0 Å². The summed E-state index contributed by atoms with van der Waals surface area (Å²) in [7, 11) is 0. The van der Waals surface area contributed by atoms with Crippen LogP contribution in [0.3, 0.4) is 0 Å². The van der Waals surface area contributed by atoms with Gasteiger partial charge >= 0.3 is 0 Å². The zero-order valence-corrected chi connectivity index (χ0v) is 8.47. The first-order chi connectivity index (χ1) is 6.27. The summed E-state index contributed by atoms with van der Waals surface area (Å²) in [6.45, 7) is 2.30. The van der Waals surface area contributed by atoms with Crippen molar-refractivity contribution in [3.8, 4) is 0 Å². The molecule has 0 saturated carbocycles. The van der Waals surface area contributed by atoms with Gasteiger partial charge in [-0.1, -0.05) is 12.1 Å². The molecular formula is C10H14O2S. The highest BCUT2D eigenvalue weighted by molar-refractivity contribution is 7.99. The summed E-state index contributed by atoms with van der Waals surface area (Å²) >= 11 is 1.63. The highest BCUT2D eigenvalue weighted by atomic mass is 32.2. The Balaban J connectivity index is 2.73. The molecule has 72 valence electrons. The van der Waals surface area contributed by atoms with Crippen LogP contribution >= 0.6 is 11.8 Å². The Morgan fingerprint density at radius 2 is 2.08 bits per heavy atom. The molecule has 0 radical (unpaired) electrons. The number of aliphatic hydroxyl groups is 2. The normalized spacial score (nSPS) is 10.4. The molecule has 0 spiro atoms. The SMILES string of the molecule is Cc1cc(CO)ccc1SCCO. The number of hydrogen-bond acceptors (Lipinski definition) is 3. The van der Waals surface area contributed by atoms with E-state index in [2.05, 4.69) is 0 Å². The van der Waals surface area contributed by atoms with Gasteiger partial charge in [-0.25, -0.2) is 0 Å². The lowest BCUT2D eigenvalue weighted by Crippen LogP contribution is -1.90. The number of aryl methyl sites for hydroxylation is 1. The van der Waals surface area contributed by atoms with E-state index in [9.17, 15) is 0 Å². The van der Waals surface area contributed by atoms with E-state index < -0.39 is 0 Å². The molecule has 2 nitrogen and oxygen atoms in total. The summed E-state index contributed by atoms with van der Waals surface area (Å²) in [5.41, 5.74) is 2.09. The van der Waals surface area contributed by atoms with Gasteiger partial charge in [0.05, 0.1) is 13.2 Å². The Morgan fingerprint density at radius 1 is 1.31 bits per heavy atom. The Kier molecular flexibility index (Phi) is 4.28. The van der Waals surface area contributed by atoms with Gasteiger partial charge in [0, 0.05) is 10.6 Å². The van der Waals surface area contributed by atoms with Crippen molar-refractivity contribution >= 4 is 11.8 Å². The summed E-state index contributed by atoms with van der Waals surface area (Å²) in [6, 6.07) is 5.87. The Labute approximate surface area is 82.6 Å². The fourth-order valence-electron chi connectivity index (χ4n) is 1.13. The summed E-state index contributed by atoms with van der Waals surface area (Å²) in [5.74, 6) is 0.722. The predicted molar refractivity (Wildman–Crippen MR) is 54.9 cm³/mol. The van der Waals surface area contributed by atoms with Gasteiger partial charge in [-0.15, -0.1) is 11.8 Å². The molecule has 0 fully saturated rings. The molecule has 0 aromatic heterocycles. The fraction of sp³-hybridized carbons (Fsp3) is 0.400. The maximum Gasteiger partial charge on any atom is 0.0681 e. The lowest BCUT2D eigenvalue weighted by molar-refractivity contribution is 0.281. The van der Waals surface area contributed by atoms with Crippen LogP contribution in [0.15, 0.2) is 23.1 Å². The van der Waals surface area contributed by atoms with Crippen molar-refractivity contribution in [3.05, 3.63) is 29.3 Å². The topological polar surface area (TPSA) is 40.5 Å². The minimum Gasteiger partial charge on any atom is -0.396 e. The van der Waals surface area contributed by atoms with Crippen molar-refractivity contribution in [2.45, 2.75) is 18.4 Å². The van der Waals surface area contributed by atoms with Crippen LogP contribution in [0.5, 0.6) is 0 Å². The van der Waals surface area contributed by atoms with Crippen LogP contribution in [0.1, 0.15) is 11.1 Å². The van der Waals surface area contributed by atoms with Crippen LogP contribution in [0.25, 0.3) is 0 Å². The zero-order chi connectivity index (χ0) is 9.68. The van der Waals surface area contributed by atoms with Gasteiger partial charge in [-0.05, 0) is 24.1 Å². The minimum atomic E-state index is 0.0891. The molecule has 0 aliphatic carbocycles. The highest BCUT2D eigenvalue weighted by Gasteiger charge is 1.99. The van der Waals surface area contributed by atoms with E-state index in [1.54, 1.807) is 11.8 Å². The third kappa shape index (κ3) is 3.03. The summed E-state index contributed by atoms with van der Waals surface area (Å²) in [6.07, 6.45) is 0. The van der Waals surface area contributed by atoms with E-state index in [0.717, 1.165) is 16.9 Å². The third-order valence-electron chi connectivity index (χ3n) is 1.77. The summed E-state index contributed by atoms with van der Waals surface area (Å²) in [5, 5.41) is 17.5. The summed E-state index contributed by atoms with van der Waals surface area (Å²) in [4.78, 5) is 1.17. The van der Waals surface area contributed by atoms with E-state index in [1.807, 2.05) is 25.1 Å². The highest BCUT2D eigenvalue weighted by Crippen LogP contribution is 2.22. The third-order valence-corrected chi connectivity index (χ3v) is 2.93. The molecule has 0 unspecified atom stereocenters. The maximum atomic E-state index is 8.88. The quantitative estimate of drug-likeness (QED) is 0.721. The monoisotopic (exact) mass is 198 g/mol. The molecule has 1 aromatic rings. The minimum absolute atomic E-state index is 0.0891. The Hall–Kier alpha value is -0.510. The first kappa shape index (κ1) is 10.6. The van der Waals surface area contributed by atoms with Crippen LogP contribution in [0.4, 0.5) is 0 Å². The van der Waals surface area contributed by atoms with E-state index in [1.165, 1.54) is 4.90 Å². The molecular weight excluding hydrogens is 184 g/mol. The number of rotatable bonds is 4. The van der Waals surface area contributed by atoms with Crippen LogP contribution in [-0.4, -0.2) is 22.6 Å². The molecule has 1 aromatic carbocycles. The van der Waals surface area contributed by atoms with Crippen LogP contribution in [0.2, 0.25) is 0 Å². The van der Waals surface area contributed by atoms with Gasteiger partial charge in [-0.2, -0.15) is 0 Å². The van der Waals surface area contributed by atoms with E-state index in [0.29, 0.717) is 0 Å². The van der Waals surface area contributed by atoms with Gasteiger partial charge in [0.25, 0.3) is 0 Å². The number of benzene rings is 1. The average molecular weight is 198 g/mol. The molecule has 0 aliphatic rings. The second-order valence-electron chi connectivity index (χ2n) is 2.83. The first-order valence-electron chi connectivity index (χ1n) is 4.22. The standard InChI is InChI=1S/C10H14O2S/c1-8-6-9(7-12)2-3-10(8)13-5-4-11/h2-3,6,11-12H,4-5,7H2,1H3. The second kappa shape index (κ2) is 5.27. The lowest BCUT2D eigenvalue weighted by atomic mass is 10.1. The van der Waals surface area contributed by atoms with E-state index in [-0.39, 0.29) is 13.2 Å². The van der Waals surface area contributed by atoms with Crippen molar-refractivity contribution in [3.63, 3.8) is 0 Å². The first-order valence-corrected chi connectivity index (χ1v) is 5.20. The van der Waals surface area contributed by atoms with Crippen molar-refractivity contribution in [1.82, 2.24) is 0 Å². The van der Waals surface area contributed by atoms with Crippen LogP contribution in [0, 0.1) is 6.92 Å². The van der Waals surface area contributed by atoms with Crippen molar-refractivity contribution in [2.24, 2.45) is 0 Å². The second-order valence-corrected chi connectivity index (χ2v) is 3.97. The van der Waals surface area contributed by atoms with Crippen molar-refractivity contribution in [1.29, 1.82) is 0 Å². The predicted octanol–water partition coefficient (Wildman–Crippen LogP) is 1.57. The molecule has 13 heavy (non-hydrogen) atoms. The van der Waals surface area contributed by atoms with E-state index >= 15 is 0 Å². The zero-order valence-electron chi connectivity index (χ0n) is 7.66. The molecule has 0 atom stereocenters. The lowest BCUT2D eigenvalue weighted by Gasteiger charge is -2.05. The Morgan fingerprint density at radius 3 is 2.62 bits per heavy atom. The van der Waals surface area contributed by atoms with Gasteiger partial charge in [0.2, 0.25) is 0 Å². The molecule has 1 rings (SSSR count). The van der Waals surface area contributed by atoms with Crippen molar-refractivity contribution in [2.75, 3.05) is 12.4 Å². The average Bonchev–Trinajstić information content (AvgIpc) is 2.16. The molecule has 3 heteroatoms. The van der Waals surface area contributed by atoms with E-state index in [4.69, 9.17) is 10.2 Å². The molecule has 0 heterocycles. The number of hydrogen-bond donors (Lipinski definition) is 2. The van der Waals surface area contributed by atoms with Crippen molar-refractivity contribution < 1.29 is 10.2 Å². The smallest absolute Gasteiger partial charge is 0.0681 e. The molecule has 0 saturated heterocycles.